The minimum Gasteiger partial charge on any atom is -0.466 e. The molecule has 0 unspecified atom stereocenters. The first-order valence-corrected chi connectivity index (χ1v) is 7.25. The highest BCUT2D eigenvalue weighted by Gasteiger charge is 2.13. The van der Waals surface area contributed by atoms with Crippen LogP contribution < -0.4 is 9.46 Å². The molecule has 8 heteroatoms. The second-order valence-electron chi connectivity index (χ2n) is 3.83. The van der Waals surface area contributed by atoms with E-state index in [-0.39, 0.29) is 17.7 Å². The Morgan fingerprint density at radius 1 is 1.32 bits per heavy atom. The van der Waals surface area contributed by atoms with Crippen molar-refractivity contribution in [2.45, 2.75) is 6.42 Å². The molecule has 0 aliphatic heterocycles. The van der Waals surface area contributed by atoms with E-state index >= 15 is 0 Å². The van der Waals surface area contributed by atoms with Crippen LogP contribution in [0.4, 0.5) is 5.95 Å². The molecule has 0 spiro atoms. The molecule has 0 fully saturated rings. The van der Waals surface area contributed by atoms with Crippen LogP contribution in [-0.2, 0) is 16.4 Å². The zero-order valence-corrected chi connectivity index (χ0v) is 11.1. The lowest BCUT2D eigenvalue weighted by Crippen LogP contribution is -2.19. The monoisotopic (exact) mass is 282 g/mol. The molecule has 102 valence electrons. The maximum Gasteiger partial charge on any atom is 0.336 e. The molecule has 2 rings (SSSR count). The van der Waals surface area contributed by atoms with Crippen molar-refractivity contribution in [2.75, 3.05) is 17.6 Å². The van der Waals surface area contributed by atoms with E-state index in [2.05, 4.69) is 19.9 Å². The number of ether oxygens (including phenoxy) is 1. The summed E-state index contributed by atoms with van der Waals surface area (Å²) >= 11 is 0. The Morgan fingerprint density at radius 3 is 2.68 bits per heavy atom. The molecule has 19 heavy (non-hydrogen) atoms. The highest BCUT2D eigenvalue weighted by Crippen LogP contribution is 2.08. The van der Waals surface area contributed by atoms with Gasteiger partial charge in [0.05, 0.1) is 12.9 Å². The van der Waals surface area contributed by atoms with Gasteiger partial charge in [-0.15, -0.1) is 5.10 Å². The molecule has 7 nitrogen and oxygen atoms in total. The van der Waals surface area contributed by atoms with Gasteiger partial charge in [-0.1, -0.05) is 30.3 Å². The third-order valence-electron chi connectivity index (χ3n) is 2.40. The fourth-order valence-corrected chi connectivity index (χ4v) is 2.47. The van der Waals surface area contributed by atoms with Crippen molar-refractivity contribution >= 4 is 16.0 Å². The second kappa shape index (κ2) is 5.70. The van der Waals surface area contributed by atoms with Crippen LogP contribution in [0.25, 0.3) is 0 Å². The Bertz CT molecular complexity index is 624. The zero-order valence-electron chi connectivity index (χ0n) is 10.3. The van der Waals surface area contributed by atoms with Crippen LogP contribution in [-0.4, -0.2) is 36.5 Å². The Kier molecular flexibility index (Phi) is 4.00. The van der Waals surface area contributed by atoms with Gasteiger partial charge >= 0.3 is 6.01 Å². The normalized spacial score (nSPS) is 11.2. The number of nitrogens with zero attached hydrogens (tertiary/aromatic N) is 2. The van der Waals surface area contributed by atoms with Crippen molar-refractivity contribution in [2.24, 2.45) is 0 Å². The van der Waals surface area contributed by atoms with Crippen LogP contribution in [0.5, 0.6) is 6.01 Å². The van der Waals surface area contributed by atoms with Gasteiger partial charge in [-0.05, 0) is 12.0 Å². The first-order chi connectivity index (χ1) is 9.09. The molecule has 1 aromatic heterocycles. The molecule has 0 aliphatic rings. The van der Waals surface area contributed by atoms with Crippen molar-refractivity contribution in [3.63, 3.8) is 0 Å². The lowest BCUT2D eigenvalue weighted by molar-refractivity contribution is 0.382. The molecule has 2 N–H and O–H groups in total. The third kappa shape index (κ3) is 3.95. The summed E-state index contributed by atoms with van der Waals surface area (Å²) in [6.07, 6.45) is 0.432. The van der Waals surface area contributed by atoms with Gasteiger partial charge in [-0.3, -0.25) is 4.72 Å². The molecule has 0 radical (unpaired) electrons. The molecule has 0 amide bonds. The Hall–Kier alpha value is -2.09. The van der Waals surface area contributed by atoms with Gasteiger partial charge in [0.1, 0.15) is 0 Å². The van der Waals surface area contributed by atoms with Gasteiger partial charge in [-0.2, -0.15) is 4.98 Å². The van der Waals surface area contributed by atoms with Crippen molar-refractivity contribution in [1.82, 2.24) is 15.2 Å². The number of aryl methyl sites for hydroxylation is 1. The van der Waals surface area contributed by atoms with Crippen molar-refractivity contribution in [3.05, 3.63) is 35.9 Å². The number of methoxy groups -OCH3 is 1. The molecule has 2 aromatic rings. The van der Waals surface area contributed by atoms with Crippen LogP contribution in [0.1, 0.15) is 5.56 Å². The number of aromatic amines is 1. The summed E-state index contributed by atoms with van der Waals surface area (Å²) in [7, 11) is -2.07. The number of hydrogen-bond acceptors (Lipinski definition) is 5. The van der Waals surface area contributed by atoms with Gasteiger partial charge in [0.25, 0.3) is 0 Å². The van der Waals surface area contributed by atoms with Gasteiger partial charge in [0.15, 0.2) is 0 Å². The zero-order chi connectivity index (χ0) is 13.7. The first-order valence-electron chi connectivity index (χ1n) is 5.60. The number of rotatable bonds is 6. The largest absolute Gasteiger partial charge is 0.466 e. The summed E-state index contributed by atoms with van der Waals surface area (Å²) in [5.41, 5.74) is 0.961. The second-order valence-corrected chi connectivity index (χ2v) is 5.67. The Morgan fingerprint density at radius 2 is 2.05 bits per heavy atom. The Balaban J connectivity index is 1.95. The number of aromatic nitrogens is 3. The van der Waals surface area contributed by atoms with E-state index < -0.39 is 10.0 Å². The highest BCUT2D eigenvalue weighted by atomic mass is 32.2. The maximum absolute atomic E-state index is 11.8. The number of H-pyrrole nitrogens is 1. The fraction of sp³-hybridized carbons (Fsp3) is 0.273. The minimum absolute atomic E-state index is 0.0277. The Labute approximate surface area is 111 Å². The van der Waals surface area contributed by atoms with Gasteiger partial charge in [0, 0.05) is 0 Å². The topological polar surface area (TPSA) is 97.0 Å². The summed E-state index contributed by atoms with van der Waals surface area (Å²) in [5.74, 6) is 0.0185. The van der Waals surface area contributed by atoms with E-state index in [4.69, 9.17) is 4.74 Å². The van der Waals surface area contributed by atoms with Crippen LogP contribution in [0, 0.1) is 0 Å². The quantitative estimate of drug-likeness (QED) is 0.816. The van der Waals surface area contributed by atoms with Crippen LogP contribution in [0.15, 0.2) is 30.3 Å². The van der Waals surface area contributed by atoms with Crippen molar-refractivity contribution < 1.29 is 13.2 Å². The number of nitrogens with one attached hydrogen (secondary N) is 2. The SMILES string of the molecule is COc1n[nH]c(NS(=O)(=O)CCc2ccccc2)n1. The number of anilines is 1. The summed E-state index contributed by atoms with van der Waals surface area (Å²) < 4.78 is 30.7. The molecular formula is C11H14N4O3S. The van der Waals surface area contributed by atoms with E-state index in [1.807, 2.05) is 30.3 Å². The number of sulfonamides is 1. The van der Waals surface area contributed by atoms with Crippen LogP contribution in [0.2, 0.25) is 0 Å². The van der Waals surface area contributed by atoms with Crippen molar-refractivity contribution in [3.8, 4) is 6.01 Å². The molecule has 0 saturated carbocycles. The standard InChI is InChI=1S/C11H14N4O3S/c1-18-11-12-10(13-14-11)15-19(16,17)8-7-9-5-3-2-4-6-9/h2-6H,7-8H2,1H3,(H2,12,13,14,15). The fourth-order valence-electron chi connectivity index (χ4n) is 1.48. The van der Waals surface area contributed by atoms with E-state index in [0.29, 0.717) is 6.42 Å². The first kappa shape index (κ1) is 13.3. The van der Waals surface area contributed by atoms with Crippen LogP contribution in [0.3, 0.4) is 0 Å². The summed E-state index contributed by atoms with van der Waals surface area (Å²) in [5, 5.41) is 6.09. The average Bonchev–Trinajstić information content (AvgIpc) is 2.85. The van der Waals surface area contributed by atoms with Crippen LogP contribution >= 0.6 is 0 Å². The smallest absolute Gasteiger partial charge is 0.336 e. The number of benzene rings is 1. The predicted octanol–water partition coefficient (Wildman–Crippen LogP) is 0.798. The average molecular weight is 282 g/mol. The van der Waals surface area contributed by atoms with Crippen molar-refractivity contribution in [1.29, 1.82) is 0 Å². The molecule has 0 atom stereocenters. The van der Waals surface area contributed by atoms with E-state index in [1.54, 1.807) is 0 Å². The molecule has 0 bridgehead atoms. The summed E-state index contributed by atoms with van der Waals surface area (Å²) in [6, 6.07) is 9.48. The number of hydrogen-bond donors (Lipinski definition) is 2. The maximum atomic E-state index is 11.8. The molecular weight excluding hydrogens is 268 g/mol. The van der Waals surface area contributed by atoms with E-state index in [9.17, 15) is 8.42 Å². The predicted molar refractivity (Wildman–Crippen MR) is 70.5 cm³/mol. The lowest BCUT2D eigenvalue weighted by atomic mass is 10.2. The summed E-state index contributed by atoms with van der Waals surface area (Å²) in [6.45, 7) is 0. The van der Waals surface area contributed by atoms with Gasteiger partial charge in [0.2, 0.25) is 16.0 Å². The highest BCUT2D eigenvalue weighted by molar-refractivity contribution is 7.92. The van der Waals surface area contributed by atoms with E-state index in [1.165, 1.54) is 7.11 Å². The molecule has 1 heterocycles. The molecule has 0 saturated heterocycles. The lowest BCUT2D eigenvalue weighted by Gasteiger charge is -2.04. The van der Waals surface area contributed by atoms with Gasteiger partial charge in [-0.25, -0.2) is 13.5 Å². The van der Waals surface area contributed by atoms with E-state index in [0.717, 1.165) is 5.56 Å². The molecule has 0 aliphatic carbocycles. The molecule has 1 aromatic carbocycles. The van der Waals surface area contributed by atoms with Gasteiger partial charge < -0.3 is 4.74 Å². The third-order valence-corrected chi connectivity index (χ3v) is 3.65. The minimum atomic E-state index is -3.47. The summed E-state index contributed by atoms with van der Waals surface area (Å²) in [4.78, 5) is 3.79.